The summed E-state index contributed by atoms with van der Waals surface area (Å²) in [7, 11) is 0. The molecule has 1 aliphatic heterocycles. The van der Waals surface area contributed by atoms with E-state index in [0.29, 0.717) is 22.3 Å². The zero-order valence-corrected chi connectivity index (χ0v) is 15.7. The molecule has 1 saturated heterocycles. The molecule has 0 radical (unpaired) electrons. The Bertz CT molecular complexity index is 830. The Morgan fingerprint density at radius 2 is 1.85 bits per heavy atom. The van der Waals surface area contributed by atoms with E-state index < -0.39 is 0 Å². The maximum absolute atomic E-state index is 12.6. The molecule has 1 fully saturated rings. The second-order valence-corrected chi connectivity index (χ2v) is 7.23. The molecule has 0 aliphatic carbocycles. The summed E-state index contributed by atoms with van der Waals surface area (Å²) < 4.78 is 0. The number of hydrogen-bond donors (Lipinski definition) is 1. The lowest BCUT2D eigenvalue weighted by atomic mass is 9.99. The monoisotopic (exact) mass is 371 g/mol. The molecule has 2 amide bonds. The van der Waals surface area contributed by atoms with Crippen LogP contribution in [0.1, 0.15) is 46.3 Å². The van der Waals surface area contributed by atoms with Crippen molar-refractivity contribution in [3.05, 3.63) is 58.4 Å². The van der Waals surface area contributed by atoms with Crippen LogP contribution < -0.4 is 5.32 Å². The van der Waals surface area contributed by atoms with Gasteiger partial charge in [-0.25, -0.2) is 4.98 Å². The van der Waals surface area contributed by atoms with Gasteiger partial charge in [0.15, 0.2) is 0 Å². The largest absolute Gasteiger partial charge is 0.337 e. The van der Waals surface area contributed by atoms with Crippen LogP contribution in [0.2, 0.25) is 5.02 Å². The number of rotatable bonds is 3. The summed E-state index contributed by atoms with van der Waals surface area (Å²) in [6, 6.07) is 10.2. The number of aromatic nitrogens is 1. The normalized spacial score (nSPS) is 15.0. The second kappa shape index (κ2) is 7.87. The molecular formula is C20H22ClN3O2. The van der Waals surface area contributed by atoms with Crippen LogP contribution in [0.15, 0.2) is 36.4 Å². The molecule has 2 aromatic rings. The van der Waals surface area contributed by atoms with Crippen molar-refractivity contribution in [1.29, 1.82) is 0 Å². The number of carbonyl (C=O) groups excluding carboxylic acids is 2. The molecule has 1 N–H and O–H groups in total. The van der Waals surface area contributed by atoms with Gasteiger partial charge in [-0.15, -0.1) is 0 Å². The number of likely N-dealkylation sites (tertiary alicyclic amines) is 1. The first-order valence-corrected chi connectivity index (χ1v) is 9.15. The Labute approximate surface area is 158 Å². The molecule has 6 heteroatoms. The lowest BCUT2D eigenvalue weighted by Gasteiger charge is -2.30. The van der Waals surface area contributed by atoms with E-state index in [4.69, 9.17) is 11.6 Å². The standard InChI is InChI=1S/C20H22ClN3O2/c1-13-8-10-24(11-9-13)20(26)18-5-3-4-17(22-18)19(25)23-16-7-6-15(21)12-14(16)2/h3-7,12-13H,8-11H2,1-2H3,(H,23,25). The minimum atomic E-state index is -0.350. The summed E-state index contributed by atoms with van der Waals surface area (Å²) >= 11 is 5.94. The predicted molar refractivity (Wildman–Crippen MR) is 103 cm³/mol. The van der Waals surface area contributed by atoms with Crippen LogP contribution in [-0.4, -0.2) is 34.8 Å². The van der Waals surface area contributed by atoms with Crippen LogP contribution in [0.3, 0.4) is 0 Å². The zero-order chi connectivity index (χ0) is 18.7. The van der Waals surface area contributed by atoms with Gasteiger partial charge in [-0.1, -0.05) is 24.6 Å². The maximum atomic E-state index is 12.6. The van der Waals surface area contributed by atoms with E-state index in [9.17, 15) is 9.59 Å². The van der Waals surface area contributed by atoms with Gasteiger partial charge in [0.25, 0.3) is 11.8 Å². The van der Waals surface area contributed by atoms with E-state index in [1.54, 1.807) is 36.4 Å². The Balaban J connectivity index is 1.74. The van der Waals surface area contributed by atoms with E-state index in [0.717, 1.165) is 31.5 Å². The summed E-state index contributed by atoms with van der Waals surface area (Å²) in [6.45, 7) is 5.54. The van der Waals surface area contributed by atoms with Crippen molar-refractivity contribution in [3.8, 4) is 0 Å². The fourth-order valence-corrected chi connectivity index (χ4v) is 3.23. The summed E-state index contributed by atoms with van der Waals surface area (Å²) in [5.41, 5.74) is 2.05. The number of hydrogen-bond acceptors (Lipinski definition) is 3. The summed E-state index contributed by atoms with van der Waals surface area (Å²) in [5, 5.41) is 3.43. The average Bonchev–Trinajstić information content (AvgIpc) is 2.64. The summed E-state index contributed by atoms with van der Waals surface area (Å²) in [4.78, 5) is 31.3. The molecule has 26 heavy (non-hydrogen) atoms. The number of benzene rings is 1. The minimum Gasteiger partial charge on any atom is -0.337 e. The molecule has 0 spiro atoms. The third-order valence-corrected chi connectivity index (χ3v) is 4.94. The molecule has 1 aliphatic rings. The first kappa shape index (κ1) is 18.4. The van der Waals surface area contributed by atoms with Crippen molar-refractivity contribution in [3.63, 3.8) is 0 Å². The number of piperidine rings is 1. The van der Waals surface area contributed by atoms with Crippen LogP contribution >= 0.6 is 11.6 Å². The van der Waals surface area contributed by atoms with Gasteiger partial charge in [0, 0.05) is 23.8 Å². The van der Waals surface area contributed by atoms with Gasteiger partial charge in [0.05, 0.1) is 0 Å². The summed E-state index contributed by atoms with van der Waals surface area (Å²) in [5.74, 6) is 0.179. The molecule has 3 rings (SSSR count). The smallest absolute Gasteiger partial charge is 0.274 e. The van der Waals surface area contributed by atoms with E-state index >= 15 is 0 Å². The molecule has 0 saturated carbocycles. The van der Waals surface area contributed by atoms with Crippen LogP contribution in [0.25, 0.3) is 0 Å². The van der Waals surface area contributed by atoms with Gasteiger partial charge in [0.1, 0.15) is 11.4 Å². The Morgan fingerprint density at radius 3 is 2.54 bits per heavy atom. The third kappa shape index (κ3) is 4.22. The first-order chi connectivity index (χ1) is 12.4. The molecule has 0 unspecified atom stereocenters. The Morgan fingerprint density at radius 1 is 1.15 bits per heavy atom. The van der Waals surface area contributed by atoms with E-state index in [2.05, 4.69) is 17.2 Å². The van der Waals surface area contributed by atoms with Crippen LogP contribution in [0.4, 0.5) is 5.69 Å². The molecule has 136 valence electrons. The predicted octanol–water partition coefficient (Wildman–Crippen LogP) is 4.17. The number of nitrogens with one attached hydrogen (secondary N) is 1. The van der Waals surface area contributed by atoms with E-state index in [1.807, 2.05) is 11.8 Å². The van der Waals surface area contributed by atoms with Gasteiger partial charge in [0.2, 0.25) is 0 Å². The number of anilines is 1. The van der Waals surface area contributed by atoms with Gasteiger partial charge in [-0.2, -0.15) is 0 Å². The molecular weight excluding hydrogens is 350 g/mol. The fourth-order valence-electron chi connectivity index (χ4n) is 3.01. The van der Waals surface area contributed by atoms with Gasteiger partial charge >= 0.3 is 0 Å². The lowest BCUT2D eigenvalue weighted by molar-refractivity contribution is 0.0691. The topological polar surface area (TPSA) is 62.3 Å². The van der Waals surface area contributed by atoms with Crippen molar-refractivity contribution in [2.24, 2.45) is 5.92 Å². The number of pyridine rings is 1. The van der Waals surface area contributed by atoms with Crippen molar-refractivity contribution >= 4 is 29.1 Å². The number of aryl methyl sites for hydroxylation is 1. The zero-order valence-electron chi connectivity index (χ0n) is 15.0. The quantitative estimate of drug-likeness (QED) is 0.880. The SMILES string of the molecule is Cc1cc(Cl)ccc1NC(=O)c1cccc(C(=O)N2CCC(C)CC2)n1. The first-order valence-electron chi connectivity index (χ1n) is 8.78. The molecule has 1 aromatic heterocycles. The maximum Gasteiger partial charge on any atom is 0.274 e. The van der Waals surface area contributed by atoms with Crippen molar-refractivity contribution in [2.45, 2.75) is 26.7 Å². The van der Waals surface area contributed by atoms with Crippen LogP contribution in [-0.2, 0) is 0 Å². The molecule has 2 heterocycles. The van der Waals surface area contributed by atoms with Crippen molar-refractivity contribution in [1.82, 2.24) is 9.88 Å². The number of halogens is 1. The minimum absolute atomic E-state index is 0.116. The Hall–Kier alpha value is -2.40. The highest BCUT2D eigenvalue weighted by atomic mass is 35.5. The van der Waals surface area contributed by atoms with Crippen molar-refractivity contribution < 1.29 is 9.59 Å². The highest BCUT2D eigenvalue weighted by Crippen LogP contribution is 2.21. The van der Waals surface area contributed by atoms with Gasteiger partial charge < -0.3 is 10.2 Å². The molecule has 1 aromatic carbocycles. The molecule has 0 atom stereocenters. The van der Waals surface area contributed by atoms with E-state index in [-0.39, 0.29) is 17.5 Å². The van der Waals surface area contributed by atoms with Crippen LogP contribution in [0, 0.1) is 12.8 Å². The highest BCUT2D eigenvalue weighted by Gasteiger charge is 2.23. The second-order valence-electron chi connectivity index (χ2n) is 6.80. The Kier molecular flexibility index (Phi) is 5.57. The summed E-state index contributed by atoms with van der Waals surface area (Å²) in [6.07, 6.45) is 2.00. The lowest BCUT2D eigenvalue weighted by Crippen LogP contribution is -2.38. The number of amides is 2. The number of nitrogens with zero attached hydrogens (tertiary/aromatic N) is 2. The van der Waals surface area contributed by atoms with Gasteiger partial charge in [-0.05, 0) is 61.6 Å². The average molecular weight is 372 g/mol. The van der Waals surface area contributed by atoms with Crippen LogP contribution in [0.5, 0.6) is 0 Å². The number of carbonyl (C=O) groups is 2. The molecule has 5 nitrogen and oxygen atoms in total. The molecule has 0 bridgehead atoms. The third-order valence-electron chi connectivity index (χ3n) is 4.71. The van der Waals surface area contributed by atoms with Gasteiger partial charge in [-0.3, -0.25) is 9.59 Å². The highest BCUT2D eigenvalue weighted by molar-refractivity contribution is 6.30. The van der Waals surface area contributed by atoms with Crippen molar-refractivity contribution in [2.75, 3.05) is 18.4 Å². The fraction of sp³-hybridized carbons (Fsp3) is 0.350. The van der Waals surface area contributed by atoms with E-state index in [1.165, 1.54) is 0 Å².